The maximum Gasteiger partial charge on any atom is 0.347 e. The van der Waals surface area contributed by atoms with Crippen molar-refractivity contribution in [3.63, 3.8) is 0 Å². The number of benzene rings is 3. The number of H-pyrrole nitrogens is 1. The molecule has 0 spiro atoms. The van der Waals surface area contributed by atoms with E-state index in [0.717, 1.165) is 33.3 Å². The predicted octanol–water partition coefficient (Wildman–Crippen LogP) is 4.34. The van der Waals surface area contributed by atoms with Gasteiger partial charge < -0.3 is 10.3 Å². The van der Waals surface area contributed by atoms with Crippen molar-refractivity contribution in [3.05, 3.63) is 125 Å². The normalized spacial score (nSPS) is 11.9. The van der Waals surface area contributed by atoms with Gasteiger partial charge in [0, 0.05) is 35.8 Å². The van der Waals surface area contributed by atoms with Gasteiger partial charge in [0.1, 0.15) is 6.54 Å². The highest BCUT2D eigenvalue weighted by Crippen LogP contribution is 2.38. The average molecular weight is 449 g/mol. The second-order valence-electron chi connectivity index (χ2n) is 8.12. The monoisotopic (exact) mass is 448 g/mol. The van der Waals surface area contributed by atoms with Crippen LogP contribution in [0.25, 0.3) is 22.2 Å². The summed E-state index contributed by atoms with van der Waals surface area (Å²) in [6.07, 6.45) is 2.99. The molecule has 0 aliphatic heterocycles. The fraction of sp³-hybridized carbons (Fsp3) is 0.107. The van der Waals surface area contributed by atoms with Crippen molar-refractivity contribution in [2.24, 2.45) is 0 Å². The number of hydrogen-bond donors (Lipinski definition) is 2. The molecule has 2 heterocycles. The Hall–Kier alpha value is -4.45. The molecule has 0 aliphatic carbocycles. The number of amides is 1. The zero-order valence-electron chi connectivity index (χ0n) is 18.5. The lowest BCUT2D eigenvalue weighted by molar-refractivity contribution is -0.121. The van der Waals surface area contributed by atoms with Crippen molar-refractivity contribution in [1.29, 1.82) is 0 Å². The van der Waals surface area contributed by atoms with Crippen LogP contribution in [0.5, 0.6) is 0 Å². The second kappa shape index (κ2) is 9.58. The summed E-state index contributed by atoms with van der Waals surface area (Å²) >= 11 is 0. The number of nitrogens with one attached hydrogen (secondary N) is 2. The smallest absolute Gasteiger partial charge is 0.347 e. The first-order valence-electron chi connectivity index (χ1n) is 11.2. The number of rotatable bonds is 7. The Labute approximate surface area is 196 Å². The number of aromatic nitrogens is 3. The molecule has 0 fully saturated rings. The summed E-state index contributed by atoms with van der Waals surface area (Å²) in [4.78, 5) is 32.0. The fourth-order valence-electron chi connectivity index (χ4n) is 4.36. The SMILES string of the molecule is O=C(Cn1cccnc1=O)NCC(c1ccccc1)c1c(-c2ccccc2)[nH]c2ccccc12. The Bertz CT molecular complexity index is 1470. The van der Waals surface area contributed by atoms with E-state index in [1.54, 1.807) is 12.3 Å². The summed E-state index contributed by atoms with van der Waals surface area (Å²) in [5.41, 5.74) is 4.96. The average Bonchev–Trinajstić information content (AvgIpc) is 3.26. The quantitative estimate of drug-likeness (QED) is 0.389. The molecular formula is C28H24N4O2. The molecule has 34 heavy (non-hydrogen) atoms. The predicted molar refractivity (Wildman–Crippen MR) is 134 cm³/mol. The fourth-order valence-corrected chi connectivity index (χ4v) is 4.36. The molecule has 2 N–H and O–H groups in total. The van der Waals surface area contributed by atoms with Gasteiger partial charge in [-0.2, -0.15) is 0 Å². The molecule has 1 unspecified atom stereocenters. The maximum absolute atomic E-state index is 12.8. The molecule has 0 saturated heterocycles. The van der Waals surface area contributed by atoms with Gasteiger partial charge in [-0.15, -0.1) is 0 Å². The van der Waals surface area contributed by atoms with Crippen LogP contribution in [0, 0.1) is 0 Å². The first kappa shape index (κ1) is 21.4. The van der Waals surface area contributed by atoms with Gasteiger partial charge in [-0.3, -0.25) is 9.36 Å². The summed E-state index contributed by atoms with van der Waals surface area (Å²) in [5, 5.41) is 4.17. The van der Waals surface area contributed by atoms with E-state index in [-0.39, 0.29) is 18.4 Å². The lowest BCUT2D eigenvalue weighted by Gasteiger charge is -2.20. The minimum Gasteiger partial charge on any atom is -0.354 e. The molecule has 2 aromatic heterocycles. The molecule has 3 aromatic carbocycles. The number of hydrogen-bond acceptors (Lipinski definition) is 3. The van der Waals surface area contributed by atoms with E-state index in [1.807, 2.05) is 48.5 Å². The van der Waals surface area contributed by atoms with Crippen molar-refractivity contribution in [2.75, 3.05) is 6.54 Å². The minimum atomic E-state index is -0.444. The van der Waals surface area contributed by atoms with Crippen LogP contribution in [0.1, 0.15) is 17.0 Å². The van der Waals surface area contributed by atoms with E-state index < -0.39 is 5.69 Å². The van der Waals surface area contributed by atoms with E-state index in [4.69, 9.17) is 0 Å². The number of nitrogens with zero attached hydrogens (tertiary/aromatic N) is 2. The van der Waals surface area contributed by atoms with Gasteiger partial charge >= 0.3 is 5.69 Å². The molecule has 1 amide bonds. The minimum absolute atomic E-state index is 0.0758. The summed E-state index contributed by atoms with van der Waals surface area (Å²) < 4.78 is 1.30. The van der Waals surface area contributed by atoms with Gasteiger partial charge in [0.15, 0.2) is 0 Å². The maximum atomic E-state index is 12.8. The van der Waals surface area contributed by atoms with Crippen LogP contribution in [0.3, 0.4) is 0 Å². The standard InChI is InChI=1S/C28H24N4O2/c33-25(19-32-17-9-16-29-28(32)34)30-18-23(20-10-3-1-4-11-20)26-22-14-7-8-15-24(22)31-27(26)21-12-5-2-6-13-21/h1-17,23,31H,18-19H2,(H,30,33). The van der Waals surface area contributed by atoms with E-state index in [1.165, 1.54) is 10.8 Å². The largest absolute Gasteiger partial charge is 0.354 e. The van der Waals surface area contributed by atoms with Gasteiger partial charge in [0.25, 0.3) is 0 Å². The van der Waals surface area contributed by atoms with Crippen LogP contribution < -0.4 is 11.0 Å². The summed E-state index contributed by atoms with van der Waals surface area (Å²) in [6.45, 7) is 0.313. The molecule has 5 rings (SSSR count). The number of para-hydroxylation sites is 1. The molecule has 1 atom stereocenters. The van der Waals surface area contributed by atoms with E-state index in [0.29, 0.717) is 6.54 Å². The first-order valence-corrected chi connectivity index (χ1v) is 11.2. The Balaban J connectivity index is 1.54. The Morgan fingerprint density at radius 3 is 2.38 bits per heavy atom. The van der Waals surface area contributed by atoms with Gasteiger partial charge in [0.2, 0.25) is 5.91 Å². The van der Waals surface area contributed by atoms with Crippen molar-refractivity contribution in [2.45, 2.75) is 12.5 Å². The number of aromatic amines is 1. The Kier molecular flexibility index (Phi) is 6.03. The van der Waals surface area contributed by atoms with Crippen LogP contribution in [-0.4, -0.2) is 27.0 Å². The lowest BCUT2D eigenvalue weighted by Crippen LogP contribution is -2.35. The molecule has 0 radical (unpaired) electrons. The topological polar surface area (TPSA) is 79.8 Å². The Morgan fingerprint density at radius 2 is 1.62 bits per heavy atom. The third-order valence-electron chi connectivity index (χ3n) is 5.96. The van der Waals surface area contributed by atoms with Gasteiger partial charge in [-0.1, -0.05) is 78.9 Å². The van der Waals surface area contributed by atoms with Crippen LogP contribution in [0.2, 0.25) is 0 Å². The number of carbonyl (C=O) groups excluding carboxylic acids is 1. The molecule has 168 valence electrons. The number of fused-ring (bicyclic) bond motifs is 1. The summed E-state index contributed by atoms with van der Waals surface area (Å²) in [6, 6.07) is 30.3. The van der Waals surface area contributed by atoms with Crippen molar-refractivity contribution < 1.29 is 4.79 Å². The highest BCUT2D eigenvalue weighted by atomic mass is 16.2. The second-order valence-corrected chi connectivity index (χ2v) is 8.12. The highest BCUT2D eigenvalue weighted by molar-refractivity contribution is 5.92. The zero-order valence-corrected chi connectivity index (χ0v) is 18.5. The van der Waals surface area contributed by atoms with Crippen LogP contribution in [0.4, 0.5) is 0 Å². The number of carbonyl (C=O) groups is 1. The van der Waals surface area contributed by atoms with Crippen LogP contribution in [-0.2, 0) is 11.3 Å². The third-order valence-corrected chi connectivity index (χ3v) is 5.96. The molecule has 6 nitrogen and oxygen atoms in total. The van der Waals surface area contributed by atoms with Gasteiger partial charge in [-0.25, -0.2) is 9.78 Å². The highest BCUT2D eigenvalue weighted by Gasteiger charge is 2.24. The molecule has 0 aliphatic rings. The van der Waals surface area contributed by atoms with Gasteiger partial charge in [0.05, 0.1) is 5.69 Å². The van der Waals surface area contributed by atoms with E-state index in [9.17, 15) is 9.59 Å². The third kappa shape index (κ3) is 4.38. The summed E-state index contributed by atoms with van der Waals surface area (Å²) in [7, 11) is 0. The van der Waals surface area contributed by atoms with E-state index >= 15 is 0 Å². The van der Waals surface area contributed by atoms with Crippen LogP contribution >= 0.6 is 0 Å². The summed E-state index contributed by atoms with van der Waals surface area (Å²) in [5.74, 6) is -0.334. The van der Waals surface area contributed by atoms with Crippen LogP contribution in [0.15, 0.2) is 108 Å². The molecule has 5 aromatic rings. The molecule has 6 heteroatoms. The molecule has 0 saturated carbocycles. The van der Waals surface area contributed by atoms with Crippen molar-refractivity contribution in [3.8, 4) is 11.3 Å². The van der Waals surface area contributed by atoms with E-state index in [2.05, 4.69) is 51.7 Å². The zero-order chi connectivity index (χ0) is 23.3. The van der Waals surface area contributed by atoms with Crippen molar-refractivity contribution >= 4 is 16.8 Å². The molecular weight excluding hydrogens is 424 g/mol. The first-order chi connectivity index (χ1) is 16.7. The van der Waals surface area contributed by atoms with Gasteiger partial charge in [-0.05, 0) is 28.8 Å². The van der Waals surface area contributed by atoms with Crippen molar-refractivity contribution in [1.82, 2.24) is 19.9 Å². The lowest BCUT2D eigenvalue weighted by atomic mass is 9.87. The molecule has 0 bridgehead atoms. The Morgan fingerprint density at radius 1 is 0.912 bits per heavy atom.